The number of rotatable bonds is 2. The zero-order chi connectivity index (χ0) is 9.68. The second kappa shape index (κ2) is 5.34. The van der Waals surface area contributed by atoms with Crippen molar-refractivity contribution in [3.63, 3.8) is 0 Å². The highest BCUT2D eigenvalue weighted by molar-refractivity contribution is 7.99. The monoisotopic (exact) mass is 202 g/mol. The van der Waals surface area contributed by atoms with Crippen LogP contribution in [0.4, 0.5) is 0 Å². The van der Waals surface area contributed by atoms with E-state index in [1.807, 2.05) is 11.8 Å². The fraction of sp³-hybridized carbons (Fsp3) is 0.875. The van der Waals surface area contributed by atoms with Gasteiger partial charge in [-0.25, -0.2) is 5.84 Å². The molecule has 0 heterocycles. The molecule has 13 heavy (non-hydrogen) atoms. The van der Waals surface area contributed by atoms with Gasteiger partial charge in [-0.3, -0.25) is 10.4 Å². The first kappa shape index (κ1) is 10.7. The molecule has 0 aromatic heterocycles. The molecule has 0 aliphatic heterocycles. The van der Waals surface area contributed by atoms with Gasteiger partial charge >= 0.3 is 0 Å². The van der Waals surface area contributed by atoms with E-state index in [9.17, 15) is 0 Å². The van der Waals surface area contributed by atoms with Crippen LogP contribution >= 0.6 is 11.8 Å². The summed E-state index contributed by atoms with van der Waals surface area (Å²) in [5.41, 5.74) is 2.55. The number of guanidine groups is 1. The van der Waals surface area contributed by atoms with Gasteiger partial charge in [0.2, 0.25) is 5.96 Å². The second-order valence-corrected chi connectivity index (χ2v) is 4.25. The van der Waals surface area contributed by atoms with Gasteiger partial charge in [0.25, 0.3) is 0 Å². The first-order valence-electron chi connectivity index (χ1n) is 4.54. The molecule has 0 amide bonds. The Morgan fingerprint density at radius 1 is 1.54 bits per heavy atom. The van der Waals surface area contributed by atoms with Crippen LogP contribution in [0.1, 0.15) is 19.3 Å². The van der Waals surface area contributed by atoms with Crippen LogP contribution in [0, 0.1) is 0 Å². The highest BCUT2D eigenvalue weighted by atomic mass is 32.2. The van der Waals surface area contributed by atoms with E-state index in [-0.39, 0.29) is 0 Å². The van der Waals surface area contributed by atoms with Crippen LogP contribution in [0.15, 0.2) is 4.99 Å². The summed E-state index contributed by atoms with van der Waals surface area (Å²) in [4.78, 5) is 4.00. The zero-order valence-electron chi connectivity index (χ0n) is 8.21. The number of nitrogens with two attached hydrogens (primary N) is 1. The SMILES string of the molecule is CN=C(NN)NC1CCCC1SC. The molecule has 1 aliphatic rings. The van der Waals surface area contributed by atoms with Crippen molar-refractivity contribution in [1.29, 1.82) is 0 Å². The number of nitrogens with zero attached hydrogens (tertiary/aromatic N) is 1. The number of aliphatic imine (C=N–C) groups is 1. The Morgan fingerprint density at radius 2 is 2.31 bits per heavy atom. The molecule has 0 bridgehead atoms. The molecule has 2 unspecified atom stereocenters. The van der Waals surface area contributed by atoms with E-state index in [2.05, 4.69) is 22.0 Å². The van der Waals surface area contributed by atoms with Gasteiger partial charge in [-0.05, 0) is 19.1 Å². The molecule has 1 fully saturated rings. The smallest absolute Gasteiger partial charge is 0.205 e. The first-order chi connectivity index (χ1) is 6.31. The molecule has 4 nitrogen and oxygen atoms in total. The number of thioether (sulfide) groups is 1. The molecule has 1 saturated carbocycles. The topological polar surface area (TPSA) is 62.4 Å². The molecule has 0 aromatic carbocycles. The van der Waals surface area contributed by atoms with Crippen molar-refractivity contribution in [3.05, 3.63) is 0 Å². The second-order valence-electron chi connectivity index (χ2n) is 3.17. The molecule has 4 N–H and O–H groups in total. The summed E-state index contributed by atoms with van der Waals surface area (Å²) < 4.78 is 0. The average Bonchev–Trinajstić information content (AvgIpc) is 2.61. The van der Waals surface area contributed by atoms with E-state index in [0.717, 1.165) is 0 Å². The van der Waals surface area contributed by atoms with Gasteiger partial charge in [0.1, 0.15) is 0 Å². The van der Waals surface area contributed by atoms with E-state index in [4.69, 9.17) is 5.84 Å². The van der Waals surface area contributed by atoms with Crippen molar-refractivity contribution in [1.82, 2.24) is 10.7 Å². The zero-order valence-corrected chi connectivity index (χ0v) is 9.03. The normalized spacial score (nSPS) is 29.0. The van der Waals surface area contributed by atoms with Crippen LogP contribution in [-0.4, -0.2) is 30.6 Å². The molecule has 0 spiro atoms. The maximum absolute atomic E-state index is 5.30. The Kier molecular flexibility index (Phi) is 4.38. The molecular weight excluding hydrogens is 184 g/mol. The lowest BCUT2D eigenvalue weighted by atomic mass is 10.2. The highest BCUT2D eigenvalue weighted by Crippen LogP contribution is 2.28. The van der Waals surface area contributed by atoms with Crippen molar-refractivity contribution in [2.24, 2.45) is 10.8 Å². The van der Waals surface area contributed by atoms with Crippen LogP contribution < -0.4 is 16.6 Å². The van der Waals surface area contributed by atoms with Gasteiger partial charge < -0.3 is 5.32 Å². The number of nitrogens with one attached hydrogen (secondary N) is 2. The maximum atomic E-state index is 5.30. The van der Waals surface area contributed by atoms with Crippen molar-refractivity contribution in [2.75, 3.05) is 13.3 Å². The Labute approximate surface area is 83.7 Å². The lowest BCUT2D eigenvalue weighted by Crippen LogP contribution is -2.48. The minimum atomic E-state index is 0.518. The molecule has 0 aromatic rings. The lowest BCUT2D eigenvalue weighted by molar-refractivity contribution is 0.626. The van der Waals surface area contributed by atoms with E-state index in [1.54, 1.807) is 7.05 Å². The van der Waals surface area contributed by atoms with Crippen LogP contribution in [0.3, 0.4) is 0 Å². The summed E-state index contributed by atoms with van der Waals surface area (Å²) in [5.74, 6) is 5.98. The lowest BCUT2D eigenvalue weighted by Gasteiger charge is -2.20. The maximum Gasteiger partial charge on any atom is 0.205 e. The van der Waals surface area contributed by atoms with E-state index in [1.165, 1.54) is 19.3 Å². The number of hydrogen-bond acceptors (Lipinski definition) is 3. The summed E-state index contributed by atoms with van der Waals surface area (Å²) in [7, 11) is 1.73. The number of hydrazine groups is 1. The molecular formula is C8H18N4S. The highest BCUT2D eigenvalue weighted by Gasteiger charge is 2.26. The van der Waals surface area contributed by atoms with Gasteiger partial charge in [-0.1, -0.05) is 6.42 Å². The van der Waals surface area contributed by atoms with Crippen LogP contribution in [0.25, 0.3) is 0 Å². The van der Waals surface area contributed by atoms with Crippen molar-refractivity contribution in [3.8, 4) is 0 Å². The van der Waals surface area contributed by atoms with E-state index < -0.39 is 0 Å². The third-order valence-corrected chi connectivity index (χ3v) is 3.61. The third kappa shape index (κ3) is 2.77. The van der Waals surface area contributed by atoms with Gasteiger partial charge in [-0.15, -0.1) is 0 Å². The van der Waals surface area contributed by atoms with E-state index in [0.29, 0.717) is 17.3 Å². The standard InChI is InChI=1S/C8H18N4S/c1-10-8(12-9)11-6-4-3-5-7(6)13-2/h6-7H,3-5,9H2,1-2H3,(H2,10,11,12). The molecule has 1 rings (SSSR count). The summed E-state index contributed by atoms with van der Waals surface area (Å²) in [6, 6.07) is 0.518. The van der Waals surface area contributed by atoms with Gasteiger partial charge in [0.15, 0.2) is 0 Å². The molecule has 1 aliphatic carbocycles. The molecule has 0 radical (unpaired) electrons. The fourth-order valence-corrected chi connectivity index (χ4v) is 2.65. The van der Waals surface area contributed by atoms with Crippen molar-refractivity contribution < 1.29 is 0 Å². The summed E-state index contributed by atoms with van der Waals surface area (Å²) in [5, 5.41) is 4.01. The van der Waals surface area contributed by atoms with Crippen LogP contribution in [0.2, 0.25) is 0 Å². The third-order valence-electron chi connectivity index (χ3n) is 2.44. The Morgan fingerprint density at radius 3 is 2.85 bits per heavy atom. The van der Waals surface area contributed by atoms with Crippen LogP contribution in [0.5, 0.6) is 0 Å². The Hall–Kier alpha value is -0.420. The predicted molar refractivity (Wildman–Crippen MR) is 58.8 cm³/mol. The molecule has 0 saturated heterocycles. The summed E-state index contributed by atoms with van der Waals surface area (Å²) >= 11 is 1.92. The Balaban J connectivity index is 2.43. The largest absolute Gasteiger partial charge is 0.351 e. The Bertz CT molecular complexity index is 183. The molecule has 5 heteroatoms. The summed E-state index contributed by atoms with van der Waals surface area (Å²) in [6.07, 6.45) is 5.96. The summed E-state index contributed by atoms with van der Waals surface area (Å²) in [6.45, 7) is 0. The predicted octanol–water partition coefficient (Wildman–Crippen LogP) is 0.309. The quantitative estimate of drug-likeness (QED) is 0.261. The minimum Gasteiger partial charge on any atom is -0.351 e. The van der Waals surface area contributed by atoms with Gasteiger partial charge in [0.05, 0.1) is 0 Å². The fourth-order valence-electron chi connectivity index (χ4n) is 1.72. The first-order valence-corrected chi connectivity index (χ1v) is 5.83. The minimum absolute atomic E-state index is 0.518. The van der Waals surface area contributed by atoms with Crippen molar-refractivity contribution in [2.45, 2.75) is 30.6 Å². The van der Waals surface area contributed by atoms with Crippen molar-refractivity contribution >= 4 is 17.7 Å². The van der Waals surface area contributed by atoms with E-state index >= 15 is 0 Å². The van der Waals surface area contributed by atoms with Crippen LogP contribution in [-0.2, 0) is 0 Å². The van der Waals surface area contributed by atoms with Gasteiger partial charge in [-0.2, -0.15) is 11.8 Å². The number of hydrogen-bond donors (Lipinski definition) is 3. The molecule has 76 valence electrons. The van der Waals surface area contributed by atoms with Gasteiger partial charge in [0, 0.05) is 18.3 Å². The molecule has 2 atom stereocenters. The average molecular weight is 202 g/mol.